The highest BCUT2D eigenvalue weighted by Crippen LogP contribution is 2.31. The molecule has 0 amide bonds. The van der Waals surface area contributed by atoms with Crippen LogP contribution >= 0.6 is 11.6 Å². The highest BCUT2D eigenvalue weighted by molar-refractivity contribution is 6.30. The van der Waals surface area contributed by atoms with E-state index in [0.717, 1.165) is 11.3 Å². The van der Waals surface area contributed by atoms with E-state index >= 15 is 0 Å². The molecule has 0 aliphatic heterocycles. The first-order valence-corrected chi connectivity index (χ1v) is 7.09. The molecule has 2 rings (SSSR count). The summed E-state index contributed by atoms with van der Waals surface area (Å²) in [7, 11) is 1.60. The molecule has 1 aromatic heterocycles. The van der Waals surface area contributed by atoms with Gasteiger partial charge in [0.15, 0.2) is 0 Å². The quantitative estimate of drug-likeness (QED) is 0.916. The monoisotopic (exact) mass is 308 g/mol. The second-order valence-corrected chi connectivity index (χ2v) is 5.44. The molecule has 1 atom stereocenters. The minimum atomic E-state index is -0.703. The molecule has 1 heterocycles. The summed E-state index contributed by atoms with van der Waals surface area (Å²) in [5.74, 6) is 0.349. The van der Waals surface area contributed by atoms with Crippen LogP contribution in [0.5, 0.6) is 5.75 Å². The molecule has 0 fully saturated rings. The third-order valence-corrected chi connectivity index (χ3v) is 3.85. The van der Waals surface area contributed by atoms with Gasteiger partial charge in [0.1, 0.15) is 11.6 Å². The first-order chi connectivity index (χ1) is 9.98. The zero-order chi connectivity index (χ0) is 15.5. The van der Waals surface area contributed by atoms with Gasteiger partial charge in [-0.1, -0.05) is 18.5 Å². The SMILES string of the molecule is CCC(N)(Cc1cc(Cl)ccc1OC)c1ccc(F)cn1. The predicted octanol–water partition coefficient (Wildman–Crippen LogP) is 3.69. The van der Waals surface area contributed by atoms with E-state index in [0.29, 0.717) is 23.6 Å². The Hall–Kier alpha value is -1.65. The van der Waals surface area contributed by atoms with Gasteiger partial charge in [0.25, 0.3) is 0 Å². The summed E-state index contributed by atoms with van der Waals surface area (Å²) < 4.78 is 18.4. The Morgan fingerprint density at radius 3 is 2.67 bits per heavy atom. The molecular weight excluding hydrogens is 291 g/mol. The summed E-state index contributed by atoms with van der Waals surface area (Å²) in [6, 6.07) is 8.40. The average molecular weight is 309 g/mol. The molecule has 0 radical (unpaired) electrons. The van der Waals surface area contributed by atoms with Gasteiger partial charge in [0, 0.05) is 5.02 Å². The maximum absolute atomic E-state index is 13.0. The Kier molecular flexibility index (Phi) is 4.80. The van der Waals surface area contributed by atoms with Crippen LogP contribution < -0.4 is 10.5 Å². The van der Waals surface area contributed by atoms with Crippen LogP contribution in [0.3, 0.4) is 0 Å². The molecule has 0 aliphatic rings. The lowest BCUT2D eigenvalue weighted by atomic mass is 9.85. The van der Waals surface area contributed by atoms with Crippen LogP contribution in [-0.2, 0) is 12.0 Å². The van der Waals surface area contributed by atoms with Gasteiger partial charge in [-0.25, -0.2) is 4.39 Å². The normalized spacial score (nSPS) is 13.8. The van der Waals surface area contributed by atoms with Gasteiger partial charge in [-0.05, 0) is 48.7 Å². The van der Waals surface area contributed by atoms with Crippen molar-refractivity contribution in [1.82, 2.24) is 4.98 Å². The number of halogens is 2. The molecule has 0 aliphatic carbocycles. The van der Waals surface area contributed by atoms with Crippen LogP contribution in [0.25, 0.3) is 0 Å². The summed E-state index contributed by atoms with van der Waals surface area (Å²) in [6.45, 7) is 1.97. The smallest absolute Gasteiger partial charge is 0.141 e. The summed E-state index contributed by atoms with van der Waals surface area (Å²) >= 11 is 6.05. The molecule has 1 aromatic carbocycles. The van der Waals surface area contributed by atoms with E-state index in [1.54, 1.807) is 19.2 Å². The number of hydrogen-bond acceptors (Lipinski definition) is 3. The van der Waals surface area contributed by atoms with Crippen molar-refractivity contribution in [3.05, 3.63) is 58.6 Å². The third kappa shape index (κ3) is 3.52. The van der Waals surface area contributed by atoms with E-state index in [2.05, 4.69) is 4.98 Å². The van der Waals surface area contributed by atoms with Gasteiger partial charge in [-0.2, -0.15) is 0 Å². The highest BCUT2D eigenvalue weighted by Gasteiger charge is 2.28. The zero-order valence-electron chi connectivity index (χ0n) is 12.1. The molecular formula is C16H18ClFN2O. The van der Waals surface area contributed by atoms with Crippen molar-refractivity contribution in [2.45, 2.75) is 25.3 Å². The van der Waals surface area contributed by atoms with E-state index in [9.17, 15) is 4.39 Å². The Labute approximate surface area is 128 Å². The molecule has 0 saturated heterocycles. The summed E-state index contributed by atoms with van der Waals surface area (Å²) in [4.78, 5) is 4.12. The van der Waals surface area contributed by atoms with E-state index in [-0.39, 0.29) is 5.82 Å². The molecule has 2 N–H and O–H groups in total. The van der Waals surface area contributed by atoms with Gasteiger partial charge in [-0.15, -0.1) is 0 Å². The number of methoxy groups -OCH3 is 1. The Balaban J connectivity index is 2.38. The van der Waals surface area contributed by atoms with Crippen LogP contribution in [-0.4, -0.2) is 12.1 Å². The molecule has 2 aromatic rings. The second-order valence-electron chi connectivity index (χ2n) is 5.00. The van der Waals surface area contributed by atoms with Crippen LogP contribution in [0, 0.1) is 5.82 Å². The van der Waals surface area contributed by atoms with E-state index < -0.39 is 5.54 Å². The summed E-state index contributed by atoms with van der Waals surface area (Å²) in [5.41, 5.74) is 7.34. The number of nitrogens with zero attached hydrogens (tertiary/aromatic N) is 1. The highest BCUT2D eigenvalue weighted by atomic mass is 35.5. The number of aromatic nitrogens is 1. The molecule has 0 spiro atoms. The number of ether oxygens (including phenoxy) is 1. The van der Waals surface area contributed by atoms with E-state index in [4.69, 9.17) is 22.1 Å². The molecule has 0 saturated carbocycles. The van der Waals surface area contributed by atoms with Crippen LogP contribution in [0.15, 0.2) is 36.5 Å². The topological polar surface area (TPSA) is 48.1 Å². The summed E-state index contributed by atoms with van der Waals surface area (Å²) in [5, 5.41) is 0.622. The molecule has 5 heteroatoms. The minimum absolute atomic E-state index is 0.377. The third-order valence-electron chi connectivity index (χ3n) is 3.62. The molecule has 21 heavy (non-hydrogen) atoms. The molecule has 112 valence electrons. The number of nitrogens with two attached hydrogens (primary N) is 1. The maximum Gasteiger partial charge on any atom is 0.141 e. The number of pyridine rings is 1. The van der Waals surface area contributed by atoms with Gasteiger partial charge >= 0.3 is 0 Å². The van der Waals surface area contributed by atoms with Gasteiger partial charge in [0.2, 0.25) is 0 Å². The van der Waals surface area contributed by atoms with Crippen molar-refractivity contribution in [2.24, 2.45) is 5.73 Å². The van der Waals surface area contributed by atoms with Gasteiger partial charge < -0.3 is 10.5 Å². The van der Waals surface area contributed by atoms with Crippen molar-refractivity contribution in [2.75, 3.05) is 7.11 Å². The predicted molar refractivity (Wildman–Crippen MR) is 82.1 cm³/mol. The van der Waals surface area contributed by atoms with Crippen molar-refractivity contribution >= 4 is 11.6 Å². The lowest BCUT2D eigenvalue weighted by molar-refractivity contribution is 0.381. The Morgan fingerprint density at radius 1 is 1.33 bits per heavy atom. The molecule has 1 unspecified atom stereocenters. The fourth-order valence-electron chi connectivity index (χ4n) is 2.29. The lowest BCUT2D eigenvalue weighted by Gasteiger charge is -2.28. The van der Waals surface area contributed by atoms with Gasteiger partial charge in [0.05, 0.1) is 24.5 Å². The Bertz CT molecular complexity index is 618. The number of benzene rings is 1. The average Bonchev–Trinajstić information content (AvgIpc) is 2.48. The first-order valence-electron chi connectivity index (χ1n) is 6.72. The van der Waals surface area contributed by atoms with Crippen molar-refractivity contribution < 1.29 is 9.13 Å². The largest absolute Gasteiger partial charge is 0.496 e. The lowest BCUT2D eigenvalue weighted by Crippen LogP contribution is -2.39. The standard InChI is InChI=1S/C16H18ClFN2O/c1-3-16(19,15-7-5-13(18)10-20-15)9-11-8-12(17)4-6-14(11)21-2/h4-8,10H,3,9,19H2,1-2H3. The summed E-state index contributed by atoms with van der Waals surface area (Å²) in [6.07, 6.45) is 2.34. The number of rotatable bonds is 5. The van der Waals surface area contributed by atoms with Crippen LogP contribution in [0.4, 0.5) is 4.39 Å². The van der Waals surface area contributed by atoms with Crippen LogP contribution in [0.2, 0.25) is 5.02 Å². The van der Waals surface area contributed by atoms with Gasteiger partial charge in [-0.3, -0.25) is 4.98 Å². The molecule has 3 nitrogen and oxygen atoms in total. The fourth-order valence-corrected chi connectivity index (χ4v) is 2.49. The number of hydrogen-bond donors (Lipinski definition) is 1. The van der Waals surface area contributed by atoms with Crippen molar-refractivity contribution in [3.8, 4) is 5.75 Å². The zero-order valence-corrected chi connectivity index (χ0v) is 12.8. The van der Waals surface area contributed by atoms with Crippen molar-refractivity contribution in [3.63, 3.8) is 0 Å². The fraction of sp³-hybridized carbons (Fsp3) is 0.312. The first kappa shape index (κ1) is 15.7. The van der Waals surface area contributed by atoms with Crippen LogP contribution in [0.1, 0.15) is 24.6 Å². The van der Waals surface area contributed by atoms with E-state index in [1.165, 1.54) is 12.3 Å². The second kappa shape index (κ2) is 6.41. The van der Waals surface area contributed by atoms with E-state index in [1.807, 2.05) is 19.1 Å². The Morgan fingerprint density at radius 2 is 2.10 bits per heavy atom. The van der Waals surface area contributed by atoms with Crippen molar-refractivity contribution in [1.29, 1.82) is 0 Å². The minimum Gasteiger partial charge on any atom is -0.496 e. The maximum atomic E-state index is 13.0. The molecule has 0 bridgehead atoms.